The molecule has 1 aromatic rings. The van der Waals surface area contributed by atoms with Crippen LogP contribution < -0.4 is 10.1 Å². The minimum absolute atomic E-state index is 0.0543. The Morgan fingerprint density at radius 2 is 1.56 bits per heavy atom. The number of nitrogens with one attached hydrogen (secondary N) is 1. The average Bonchev–Trinajstić information content (AvgIpc) is 2.64. The maximum atomic E-state index is 13.6. The summed E-state index contributed by atoms with van der Waals surface area (Å²) in [6, 6.07) is 2.81. The number of nitrogens with zero attached hydrogens (tertiary/aromatic N) is 2. The fourth-order valence-electron chi connectivity index (χ4n) is 3.15. The average molecular weight is 381 g/mol. The van der Waals surface area contributed by atoms with Crippen molar-refractivity contribution >= 4 is 6.09 Å². The zero-order valence-corrected chi connectivity index (χ0v) is 15.8. The predicted octanol–water partition coefficient (Wildman–Crippen LogP) is 5.79. The molecule has 1 atom stereocenters. The van der Waals surface area contributed by atoms with Crippen molar-refractivity contribution in [2.24, 2.45) is 10.2 Å². The number of hydrogen-bond acceptors (Lipinski definition) is 4. The minimum atomic E-state index is -0.896. The molecule has 1 heterocycles. The second-order valence-corrected chi connectivity index (χ2v) is 6.94. The monoisotopic (exact) mass is 381 g/mol. The first kappa shape index (κ1) is 21.3. The van der Waals surface area contributed by atoms with E-state index in [1.54, 1.807) is 0 Å². The Balaban J connectivity index is 1.85. The van der Waals surface area contributed by atoms with Crippen LogP contribution in [0, 0.1) is 11.6 Å². The van der Waals surface area contributed by atoms with Gasteiger partial charge in [-0.3, -0.25) is 0 Å². The summed E-state index contributed by atoms with van der Waals surface area (Å²) in [7, 11) is 0. The first-order valence-corrected chi connectivity index (χ1v) is 9.92. The second kappa shape index (κ2) is 12.4. The zero-order valence-electron chi connectivity index (χ0n) is 15.8. The Labute approximate surface area is 159 Å². The number of rotatable bonds is 2. The molecular formula is C20H29F2N3O2. The van der Waals surface area contributed by atoms with Gasteiger partial charge in [-0.25, -0.2) is 13.6 Å². The topological polar surface area (TPSA) is 63.0 Å². The number of carbonyl (C=O) groups is 1. The first-order valence-electron chi connectivity index (χ1n) is 9.92. The first-order chi connectivity index (χ1) is 13.1. The van der Waals surface area contributed by atoms with Gasteiger partial charge >= 0.3 is 6.09 Å². The van der Waals surface area contributed by atoms with Gasteiger partial charge in [-0.1, -0.05) is 38.5 Å². The Kier molecular flexibility index (Phi) is 9.73. The number of azo groups is 1. The number of benzene rings is 1. The van der Waals surface area contributed by atoms with Crippen LogP contribution in [0.5, 0.6) is 5.75 Å². The molecular weight excluding hydrogens is 352 g/mol. The molecule has 27 heavy (non-hydrogen) atoms. The van der Waals surface area contributed by atoms with E-state index in [0.29, 0.717) is 12.6 Å². The summed E-state index contributed by atoms with van der Waals surface area (Å²) in [6.45, 7) is 1.43. The van der Waals surface area contributed by atoms with Crippen molar-refractivity contribution in [3.05, 3.63) is 29.8 Å². The molecule has 0 saturated heterocycles. The molecule has 1 unspecified atom stereocenters. The van der Waals surface area contributed by atoms with Gasteiger partial charge in [-0.2, -0.15) is 10.2 Å². The van der Waals surface area contributed by atoms with E-state index in [4.69, 9.17) is 4.74 Å². The molecule has 0 aromatic heterocycles. The normalized spacial score (nSPS) is 20.3. The van der Waals surface area contributed by atoms with E-state index in [1.807, 2.05) is 0 Å². The van der Waals surface area contributed by atoms with Crippen LogP contribution in [0.4, 0.5) is 13.6 Å². The van der Waals surface area contributed by atoms with Crippen molar-refractivity contribution in [3.63, 3.8) is 0 Å². The molecule has 1 N–H and O–H groups in total. The molecule has 1 aromatic carbocycles. The van der Waals surface area contributed by atoms with Crippen LogP contribution in [0.3, 0.4) is 0 Å². The Bertz CT molecular complexity index is 611. The van der Waals surface area contributed by atoms with E-state index < -0.39 is 17.7 Å². The van der Waals surface area contributed by atoms with Gasteiger partial charge in [0.2, 0.25) is 0 Å². The highest BCUT2D eigenvalue weighted by Gasteiger charge is 2.15. The minimum Gasteiger partial charge on any atom is -0.407 e. The molecule has 7 heteroatoms. The van der Waals surface area contributed by atoms with Crippen LogP contribution in [0.25, 0.3) is 0 Å². The van der Waals surface area contributed by atoms with E-state index >= 15 is 0 Å². The van der Waals surface area contributed by atoms with Crippen LogP contribution in [0.1, 0.15) is 64.2 Å². The van der Waals surface area contributed by atoms with E-state index in [-0.39, 0.29) is 11.8 Å². The number of halogens is 2. The van der Waals surface area contributed by atoms with Gasteiger partial charge in [0.1, 0.15) is 5.82 Å². The van der Waals surface area contributed by atoms with E-state index in [2.05, 4.69) is 15.5 Å². The lowest BCUT2D eigenvalue weighted by Gasteiger charge is -2.18. The molecule has 0 bridgehead atoms. The quantitative estimate of drug-likeness (QED) is 0.705. The SMILES string of the molecule is O=C(NC1CCCCCCCCCN=NCCC1)Oc1ccc(F)cc1F. The number of carbonyl (C=O) groups excluding carboxylic acids is 1. The fraction of sp³-hybridized carbons (Fsp3) is 0.650. The van der Waals surface area contributed by atoms with Crippen LogP contribution in [0.15, 0.2) is 28.4 Å². The summed E-state index contributed by atoms with van der Waals surface area (Å²) in [5.41, 5.74) is 0. The van der Waals surface area contributed by atoms with Gasteiger partial charge in [0.05, 0.1) is 13.1 Å². The van der Waals surface area contributed by atoms with E-state index in [1.165, 1.54) is 25.7 Å². The van der Waals surface area contributed by atoms with Crippen molar-refractivity contribution in [3.8, 4) is 5.75 Å². The largest absolute Gasteiger partial charge is 0.412 e. The summed E-state index contributed by atoms with van der Waals surface area (Å²) in [6.07, 6.45) is 9.82. The summed E-state index contributed by atoms with van der Waals surface area (Å²) in [5, 5.41) is 11.2. The van der Waals surface area contributed by atoms with Gasteiger partial charge in [-0.05, 0) is 37.8 Å². The van der Waals surface area contributed by atoms with Crippen LogP contribution >= 0.6 is 0 Å². The molecule has 2 rings (SSSR count). The van der Waals surface area contributed by atoms with Gasteiger partial charge in [-0.15, -0.1) is 0 Å². The van der Waals surface area contributed by atoms with Crippen molar-refractivity contribution in [2.45, 2.75) is 70.3 Å². The Morgan fingerprint density at radius 3 is 2.30 bits per heavy atom. The summed E-state index contributed by atoms with van der Waals surface area (Å²) < 4.78 is 31.6. The van der Waals surface area contributed by atoms with Crippen molar-refractivity contribution in [1.82, 2.24) is 5.32 Å². The van der Waals surface area contributed by atoms with Crippen molar-refractivity contribution < 1.29 is 18.3 Å². The highest BCUT2D eigenvalue weighted by atomic mass is 19.1. The van der Waals surface area contributed by atoms with Gasteiger partial charge in [0.15, 0.2) is 11.6 Å². The number of hydrogen-bond donors (Lipinski definition) is 1. The molecule has 0 spiro atoms. The maximum Gasteiger partial charge on any atom is 0.412 e. The van der Waals surface area contributed by atoms with Crippen LogP contribution in [-0.4, -0.2) is 25.2 Å². The van der Waals surface area contributed by atoms with Crippen LogP contribution in [0.2, 0.25) is 0 Å². The van der Waals surface area contributed by atoms with Crippen LogP contribution in [-0.2, 0) is 0 Å². The summed E-state index contributed by atoms with van der Waals surface area (Å²) in [5.74, 6) is -1.89. The maximum absolute atomic E-state index is 13.6. The Morgan fingerprint density at radius 1 is 0.926 bits per heavy atom. The fourth-order valence-corrected chi connectivity index (χ4v) is 3.15. The predicted molar refractivity (Wildman–Crippen MR) is 100 cm³/mol. The lowest BCUT2D eigenvalue weighted by molar-refractivity contribution is 0.191. The highest BCUT2D eigenvalue weighted by Crippen LogP contribution is 2.18. The summed E-state index contributed by atoms with van der Waals surface area (Å²) in [4.78, 5) is 12.1. The molecule has 1 aliphatic rings. The molecule has 0 saturated carbocycles. The smallest absolute Gasteiger partial charge is 0.407 e. The molecule has 1 amide bonds. The lowest BCUT2D eigenvalue weighted by atomic mass is 10.0. The van der Waals surface area contributed by atoms with Gasteiger partial charge in [0.25, 0.3) is 0 Å². The van der Waals surface area contributed by atoms with E-state index in [0.717, 1.165) is 57.2 Å². The molecule has 150 valence electrons. The van der Waals surface area contributed by atoms with Gasteiger partial charge in [0, 0.05) is 12.1 Å². The van der Waals surface area contributed by atoms with Crippen molar-refractivity contribution in [2.75, 3.05) is 13.1 Å². The van der Waals surface area contributed by atoms with Gasteiger partial charge < -0.3 is 10.1 Å². The van der Waals surface area contributed by atoms with E-state index in [9.17, 15) is 13.6 Å². The Hall–Kier alpha value is -2.05. The third kappa shape index (κ3) is 8.93. The second-order valence-electron chi connectivity index (χ2n) is 6.94. The standard InChI is InChI=1S/C20H29F2N3O2/c21-16-11-12-19(18(22)15-16)27-20(26)25-17-9-6-4-2-1-3-5-7-13-23-24-14-8-10-17/h11-12,15,17H,1-10,13-14H2,(H,25,26). The molecule has 0 aliphatic carbocycles. The zero-order chi connectivity index (χ0) is 19.3. The number of amides is 1. The molecule has 0 radical (unpaired) electrons. The summed E-state index contributed by atoms with van der Waals surface area (Å²) >= 11 is 0. The van der Waals surface area contributed by atoms with Crippen molar-refractivity contribution in [1.29, 1.82) is 0 Å². The highest BCUT2D eigenvalue weighted by molar-refractivity contribution is 5.70. The lowest BCUT2D eigenvalue weighted by Crippen LogP contribution is -2.37. The molecule has 1 aliphatic heterocycles. The number of ether oxygens (including phenoxy) is 1. The molecule has 0 fully saturated rings. The molecule has 5 nitrogen and oxygen atoms in total. The third-order valence-corrected chi connectivity index (χ3v) is 4.64. The third-order valence-electron chi connectivity index (χ3n) is 4.64.